The number of aromatic nitrogens is 1. The van der Waals surface area contributed by atoms with Gasteiger partial charge in [-0.3, -0.25) is 10.1 Å². The number of rotatable bonds is 2. The first kappa shape index (κ1) is 12.1. The zero-order valence-electron chi connectivity index (χ0n) is 8.64. The summed E-state index contributed by atoms with van der Waals surface area (Å²) in [5.74, 6) is 0. The average Bonchev–Trinajstić information content (AvgIpc) is 2.77. The van der Waals surface area contributed by atoms with Crippen LogP contribution >= 0.6 is 0 Å². The first-order chi connectivity index (χ1) is 8.39. The molecular formula is C10H5F3N2O3. The van der Waals surface area contributed by atoms with Crippen LogP contribution in [-0.2, 0) is 6.18 Å². The first-order valence-electron chi connectivity index (χ1n) is 4.66. The van der Waals surface area contributed by atoms with Crippen molar-refractivity contribution in [1.29, 1.82) is 0 Å². The third-order valence-electron chi connectivity index (χ3n) is 2.21. The lowest BCUT2D eigenvalue weighted by Crippen LogP contribution is -2.04. The molecule has 0 aliphatic rings. The minimum atomic E-state index is -4.52. The molecule has 2 aromatic rings. The molecule has 0 atom stereocenters. The Kier molecular flexibility index (Phi) is 2.77. The van der Waals surface area contributed by atoms with Gasteiger partial charge in [0, 0.05) is 5.56 Å². The molecule has 1 aromatic heterocycles. The van der Waals surface area contributed by atoms with Crippen molar-refractivity contribution in [3.05, 3.63) is 46.2 Å². The monoisotopic (exact) mass is 258 g/mol. The fourth-order valence-corrected chi connectivity index (χ4v) is 1.40. The summed E-state index contributed by atoms with van der Waals surface area (Å²) in [6.07, 6.45) is -3.75. The number of nitrogens with zero attached hydrogens (tertiary/aromatic N) is 2. The van der Waals surface area contributed by atoms with Gasteiger partial charge in [-0.05, 0) is 12.1 Å². The Labute approximate surface area is 98.0 Å². The van der Waals surface area contributed by atoms with Gasteiger partial charge in [-0.25, -0.2) is 0 Å². The lowest BCUT2D eigenvalue weighted by molar-refractivity contribution is -0.384. The lowest BCUT2D eigenvalue weighted by atomic mass is 10.1. The summed E-state index contributed by atoms with van der Waals surface area (Å²) < 4.78 is 41.9. The van der Waals surface area contributed by atoms with Crippen molar-refractivity contribution in [2.75, 3.05) is 0 Å². The second-order valence-electron chi connectivity index (χ2n) is 3.38. The molecule has 2 rings (SSSR count). The highest BCUT2D eigenvalue weighted by atomic mass is 19.4. The van der Waals surface area contributed by atoms with E-state index in [2.05, 4.69) is 9.68 Å². The smallest absolute Gasteiger partial charge is 0.357 e. The molecule has 0 unspecified atom stereocenters. The molecule has 0 radical (unpaired) electrons. The zero-order valence-corrected chi connectivity index (χ0v) is 8.64. The van der Waals surface area contributed by atoms with Crippen molar-refractivity contribution >= 4 is 5.69 Å². The molecule has 8 heteroatoms. The second kappa shape index (κ2) is 4.13. The topological polar surface area (TPSA) is 69.2 Å². The largest absolute Gasteiger partial charge is 0.416 e. The Morgan fingerprint density at radius 3 is 2.67 bits per heavy atom. The van der Waals surface area contributed by atoms with Crippen LogP contribution in [0.5, 0.6) is 0 Å². The van der Waals surface area contributed by atoms with E-state index in [9.17, 15) is 23.3 Å². The maximum atomic E-state index is 12.5. The third-order valence-corrected chi connectivity index (χ3v) is 2.21. The molecule has 0 amide bonds. The molecule has 0 aliphatic carbocycles. The van der Waals surface area contributed by atoms with Gasteiger partial charge in [0.15, 0.2) is 5.69 Å². The number of halogens is 3. The number of alkyl halides is 3. The number of hydrogen-bond donors (Lipinski definition) is 0. The van der Waals surface area contributed by atoms with Crippen molar-refractivity contribution in [2.24, 2.45) is 0 Å². The Morgan fingerprint density at radius 2 is 2.06 bits per heavy atom. The van der Waals surface area contributed by atoms with Crippen LogP contribution in [0.3, 0.4) is 0 Å². The highest BCUT2D eigenvalue weighted by Gasteiger charge is 2.31. The molecule has 1 aromatic carbocycles. The van der Waals surface area contributed by atoms with Crippen LogP contribution in [0.15, 0.2) is 35.1 Å². The van der Waals surface area contributed by atoms with Gasteiger partial charge in [0.05, 0.1) is 10.5 Å². The van der Waals surface area contributed by atoms with Crippen molar-refractivity contribution in [1.82, 2.24) is 5.16 Å². The molecular weight excluding hydrogens is 253 g/mol. The van der Waals surface area contributed by atoms with Gasteiger partial charge < -0.3 is 4.52 Å². The molecule has 18 heavy (non-hydrogen) atoms. The Balaban J connectivity index is 2.52. The van der Waals surface area contributed by atoms with Gasteiger partial charge in [0.25, 0.3) is 0 Å². The quantitative estimate of drug-likeness (QED) is 0.612. The van der Waals surface area contributed by atoms with Crippen LogP contribution in [0.4, 0.5) is 18.9 Å². The summed E-state index contributed by atoms with van der Waals surface area (Å²) in [6, 6.07) is 4.09. The van der Waals surface area contributed by atoms with Crippen molar-refractivity contribution < 1.29 is 22.6 Å². The summed E-state index contributed by atoms with van der Waals surface area (Å²) in [5.41, 5.74) is -1.64. The number of benzene rings is 1. The molecule has 0 N–H and O–H groups in total. The van der Waals surface area contributed by atoms with E-state index in [1.54, 1.807) is 0 Å². The fourth-order valence-electron chi connectivity index (χ4n) is 1.40. The summed E-state index contributed by atoms with van der Waals surface area (Å²) in [7, 11) is 0. The van der Waals surface area contributed by atoms with Gasteiger partial charge in [-0.2, -0.15) is 13.2 Å². The molecule has 94 valence electrons. The minimum absolute atomic E-state index is 0.0229. The second-order valence-corrected chi connectivity index (χ2v) is 3.38. The van der Waals surface area contributed by atoms with E-state index in [-0.39, 0.29) is 11.3 Å². The molecule has 0 saturated heterocycles. The van der Waals surface area contributed by atoms with E-state index in [0.29, 0.717) is 0 Å². The molecule has 0 bridgehead atoms. The van der Waals surface area contributed by atoms with E-state index in [0.717, 1.165) is 24.5 Å². The van der Waals surface area contributed by atoms with E-state index in [1.165, 1.54) is 6.07 Å². The van der Waals surface area contributed by atoms with Gasteiger partial charge >= 0.3 is 11.9 Å². The Morgan fingerprint density at radius 1 is 1.33 bits per heavy atom. The van der Waals surface area contributed by atoms with Gasteiger partial charge in [0.2, 0.25) is 6.26 Å². The number of nitro groups is 1. The molecule has 1 heterocycles. The van der Waals surface area contributed by atoms with E-state index in [4.69, 9.17) is 0 Å². The van der Waals surface area contributed by atoms with Crippen LogP contribution in [0.25, 0.3) is 11.3 Å². The van der Waals surface area contributed by atoms with Crippen molar-refractivity contribution in [2.45, 2.75) is 6.18 Å². The van der Waals surface area contributed by atoms with Crippen LogP contribution in [0.1, 0.15) is 5.56 Å². The average molecular weight is 258 g/mol. The van der Waals surface area contributed by atoms with Crippen molar-refractivity contribution in [3.63, 3.8) is 0 Å². The van der Waals surface area contributed by atoms with Gasteiger partial charge in [-0.15, -0.1) is 0 Å². The van der Waals surface area contributed by atoms with E-state index in [1.807, 2.05) is 0 Å². The molecule has 0 fully saturated rings. The van der Waals surface area contributed by atoms with Gasteiger partial charge in [0.1, 0.15) is 0 Å². The molecule has 0 spiro atoms. The normalized spacial score (nSPS) is 11.5. The summed E-state index contributed by atoms with van der Waals surface area (Å²) in [6.45, 7) is 0. The lowest BCUT2D eigenvalue weighted by Gasteiger charge is -2.06. The van der Waals surface area contributed by atoms with E-state index >= 15 is 0 Å². The molecule has 0 aliphatic heterocycles. The highest BCUT2D eigenvalue weighted by Crippen LogP contribution is 2.34. The van der Waals surface area contributed by atoms with Crippen LogP contribution < -0.4 is 0 Å². The molecule has 0 saturated carbocycles. The first-order valence-corrected chi connectivity index (χ1v) is 4.66. The van der Waals surface area contributed by atoms with E-state index < -0.39 is 22.4 Å². The predicted molar refractivity (Wildman–Crippen MR) is 53.6 cm³/mol. The summed E-state index contributed by atoms with van der Waals surface area (Å²) >= 11 is 0. The van der Waals surface area contributed by atoms with Crippen LogP contribution in [0.2, 0.25) is 0 Å². The number of hydrogen-bond acceptors (Lipinski definition) is 4. The standard InChI is InChI=1S/C10H5F3N2O3/c11-10(12,13)7-3-1-2-6(4-7)9-8(15(16)17)5-18-14-9/h1-5H. The molecule has 5 nitrogen and oxygen atoms in total. The SMILES string of the molecule is O=[N+]([O-])c1conc1-c1cccc(C(F)(F)F)c1. The Hall–Kier alpha value is -2.38. The predicted octanol–water partition coefficient (Wildman–Crippen LogP) is 3.27. The third kappa shape index (κ3) is 2.17. The van der Waals surface area contributed by atoms with Crippen LogP contribution in [-0.4, -0.2) is 10.1 Å². The summed E-state index contributed by atoms with van der Waals surface area (Å²) in [5, 5.41) is 14.0. The van der Waals surface area contributed by atoms with Gasteiger partial charge in [-0.1, -0.05) is 17.3 Å². The minimum Gasteiger partial charge on any atom is -0.357 e. The summed E-state index contributed by atoms with van der Waals surface area (Å²) in [4.78, 5) is 9.85. The fraction of sp³-hybridized carbons (Fsp3) is 0.100. The van der Waals surface area contributed by atoms with Crippen LogP contribution in [0, 0.1) is 10.1 Å². The Bertz CT molecular complexity index is 592. The maximum absolute atomic E-state index is 12.5. The van der Waals surface area contributed by atoms with Crippen molar-refractivity contribution in [3.8, 4) is 11.3 Å². The highest BCUT2D eigenvalue weighted by molar-refractivity contribution is 5.68. The zero-order chi connectivity index (χ0) is 13.3. The maximum Gasteiger partial charge on any atom is 0.416 e.